The highest BCUT2D eigenvalue weighted by molar-refractivity contribution is 6.34. The van der Waals surface area contributed by atoms with E-state index in [-0.39, 0.29) is 16.8 Å². The van der Waals surface area contributed by atoms with Crippen LogP contribution in [-0.4, -0.2) is 23.8 Å². The second-order valence-electron chi connectivity index (χ2n) is 4.42. The Morgan fingerprint density at radius 3 is 2.62 bits per heavy atom. The number of nitrogens with zero attached hydrogens (tertiary/aromatic N) is 1. The van der Waals surface area contributed by atoms with Crippen LogP contribution in [0.25, 0.3) is 0 Å². The molecule has 1 aromatic carbocycles. The minimum absolute atomic E-state index is 0.215. The molecule has 1 heterocycles. The number of anilines is 1. The lowest BCUT2D eigenvalue weighted by molar-refractivity contribution is 0.0961. The lowest BCUT2D eigenvalue weighted by atomic mass is 10.1. The van der Waals surface area contributed by atoms with E-state index in [1.807, 2.05) is 6.92 Å². The van der Waals surface area contributed by atoms with Crippen molar-refractivity contribution in [1.29, 1.82) is 0 Å². The molecule has 6 heteroatoms. The second-order valence-corrected chi connectivity index (χ2v) is 4.83. The van der Waals surface area contributed by atoms with Crippen molar-refractivity contribution in [3.63, 3.8) is 0 Å². The number of nitrogens with one attached hydrogen (secondary N) is 2. The Labute approximate surface area is 127 Å². The summed E-state index contributed by atoms with van der Waals surface area (Å²) in [6.07, 6.45) is 2.90. The van der Waals surface area contributed by atoms with Gasteiger partial charge >= 0.3 is 0 Å². The van der Waals surface area contributed by atoms with E-state index in [4.69, 9.17) is 11.6 Å². The summed E-state index contributed by atoms with van der Waals surface area (Å²) < 4.78 is 0. The summed E-state index contributed by atoms with van der Waals surface area (Å²) in [5, 5.41) is 5.57. The first kappa shape index (κ1) is 15.0. The van der Waals surface area contributed by atoms with E-state index >= 15 is 0 Å². The highest BCUT2D eigenvalue weighted by Crippen LogP contribution is 2.20. The molecule has 0 unspecified atom stereocenters. The van der Waals surface area contributed by atoms with Crippen LogP contribution in [0.5, 0.6) is 0 Å². The van der Waals surface area contributed by atoms with E-state index in [0.29, 0.717) is 16.8 Å². The first-order valence-electron chi connectivity index (χ1n) is 6.26. The van der Waals surface area contributed by atoms with Crippen molar-refractivity contribution in [2.24, 2.45) is 0 Å². The number of benzene rings is 1. The zero-order valence-electron chi connectivity index (χ0n) is 11.6. The summed E-state index contributed by atoms with van der Waals surface area (Å²) in [6, 6.07) is 6.63. The van der Waals surface area contributed by atoms with Gasteiger partial charge in [-0.3, -0.25) is 14.6 Å². The quantitative estimate of drug-likeness (QED) is 0.915. The normalized spacial score (nSPS) is 10.0. The Morgan fingerprint density at radius 1 is 1.19 bits per heavy atom. The predicted octanol–water partition coefficient (Wildman–Crippen LogP) is 2.66. The molecule has 0 aliphatic heterocycles. The zero-order chi connectivity index (χ0) is 15.4. The molecular formula is C15H14ClN3O2. The monoisotopic (exact) mass is 303 g/mol. The van der Waals surface area contributed by atoms with E-state index in [9.17, 15) is 9.59 Å². The molecule has 0 saturated carbocycles. The van der Waals surface area contributed by atoms with E-state index < -0.39 is 0 Å². The highest BCUT2D eigenvalue weighted by atomic mass is 35.5. The van der Waals surface area contributed by atoms with Gasteiger partial charge in [0, 0.05) is 30.7 Å². The predicted molar refractivity (Wildman–Crippen MR) is 81.8 cm³/mol. The van der Waals surface area contributed by atoms with Crippen molar-refractivity contribution < 1.29 is 9.59 Å². The highest BCUT2D eigenvalue weighted by Gasteiger charge is 2.13. The Kier molecular flexibility index (Phi) is 4.55. The molecule has 0 fully saturated rings. The lowest BCUT2D eigenvalue weighted by Crippen LogP contribution is -2.19. The van der Waals surface area contributed by atoms with Gasteiger partial charge in [0.25, 0.3) is 11.8 Å². The van der Waals surface area contributed by atoms with E-state index in [2.05, 4.69) is 15.6 Å². The maximum atomic E-state index is 12.2. The molecule has 2 aromatic rings. The summed E-state index contributed by atoms with van der Waals surface area (Å²) in [5.41, 5.74) is 2.21. The average molecular weight is 304 g/mol. The number of aryl methyl sites for hydroxylation is 1. The van der Waals surface area contributed by atoms with Crippen LogP contribution in [0.1, 0.15) is 26.3 Å². The number of hydrogen-bond donors (Lipinski definition) is 2. The summed E-state index contributed by atoms with van der Waals surface area (Å²) in [7, 11) is 1.55. The second kappa shape index (κ2) is 6.37. The smallest absolute Gasteiger partial charge is 0.257 e. The third kappa shape index (κ3) is 3.38. The van der Waals surface area contributed by atoms with Gasteiger partial charge in [-0.25, -0.2) is 0 Å². The van der Waals surface area contributed by atoms with Gasteiger partial charge in [-0.15, -0.1) is 0 Å². The summed E-state index contributed by atoms with van der Waals surface area (Å²) in [5.74, 6) is -0.563. The molecule has 0 spiro atoms. The van der Waals surface area contributed by atoms with Gasteiger partial charge in [-0.1, -0.05) is 17.7 Å². The fourth-order valence-electron chi connectivity index (χ4n) is 1.79. The lowest BCUT2D eigenvalue weighted by Gasteiger charge is -2.11. The van der Waals surface area contributed by atoms with Crippen LogP contribution >= 0.6 is 11.6 Å². The van der Waals surface area contributed by atoms with E-state index in [1.165, 1.54) is 18.5 Å². The molecule has 5 nitrogen and oxygen atoms in total. The molecule has 21 heavy (non-hydrogen) atoms. The average Bonchev–Trinajstić information content (AvgIpc) is 2.49. The third-order valence-corrected chi connectivity index (χ3v) is 3.29. The fourth-order valence-corrected chi connectivity index (χ4v) is 2.00. The Balaban J connectivity index is 2.29. The van der Waals surface area contributed by atoms with Crippen molar-refractivity contribution >= 4 is 29.1 Å². The number of amides is 2. The molecule has 0 aliphatic rings. The molecule has 0 bridgehead atoms. The van der Waals surface area contributed by atoms with Gasteiger partial charge in [0.05, 0.1) is 10.6 Å². The first-order valence-corrected chi connectivity index (χ1v) is 6.64. The molecule has 0 atom stereocenters. The molecule has 2 rings (SSSR count). The van der Waals surface area contributed by atoms with Crippen molar-refractivity contribution in [3.8, 4) is 0 Å². The standard InChI is InChI=1S/C15H14ClN3O2/c1-9-3-4-10(14(20)17-2)7-13(9)19-15(21)11-5-6-18-8-12(11)16/h3-8H,1-2H3,(H,17,20)(H,19,21). The van der Waals surface area contributed by atoms with Gasteiger partial charge in [0.2, 0.25) is 0 Å². The van der Waals surface area contributed by atoms with Crippen molar-refractivity contribution in [2.75, 3.05) is 12.4 Å². The van der Waals surface area contributed by atoms with Gasteiger partial charge in [0.15, 0.2) is 0 Å². The van der Waals surface area contributed by atoms with Crippen LogP contribution < -0.4 is 10.6 Å². The van der Waals surface area contributed by atoms with E-state index in [1.54, 1.807) is 25.2 Å². The minimum atomic E-state index is -0.348. The van der Waals surface area contributed by atoms with Gasteiger partial charge in [-0.2, -0.15) is 0 Å². The molecule has 1 aromatic heterocycles. The molecular weight excluding hydrogens is 290 g/mol. The number of hydrogen-bond acceptors (Lipinski definition) is 3. The Hall–Kier alpha value is -2.40. The molecule has 108 valence electrons. The number of pyridine rings is 1. The topological polar surface area (TPSA) is 71.1 Å². The zero-order valence-corrected chi connectivity index (χ0v) is 12.4. The maximum absolute atomic E-state index is 12.2. The Bertz CT molecular complexity index is 701. The van der Waals surface area contributed by atoms with Crippen LogP contribution in [0.4, 0.5) is 5.69 Å². The molecule has 2 N–H and O–H groups in total. The van der Waals surface area contributed by atoms with Gasteiger partial charge in [0.1, 0.15) is 0 Å². The number of carbonyl (C=O) groups excluding carboxylic acids is 2. The molecule has 0 aliphatic carbocycles. The molecule has 0 radical (unpaired) electrons. The van der Waals surface area contributed by atoms with Crippen LogP contribution in [0, 0.1) is 6.92 Å². The van der Waals surface area contributed by atoms with Crippen LogP contribution in [-0.2, 0) is 0 Å². The largest absolute Gasteiger partial charge is 0.355 e. The number of aromatic nitrogens is 1. The summed E-state index contributed by atoms with van der Waals surface area (Å²) in [6.45, 7) is 1.84. The SMILES string of the molecule is CNC(=O)c1ccc(C)c(NC(=O)c2ccncc2Cl)c1. The van der Waals surface area contributed by atoms with Gasteiger partial charge in [-0.05, 0) is 30.7 Å². The number of rotatable bonds is 3. The van der Waals surface area contributed by atoms with Crippen molar-refractivity contribution in [1.82, 2.24) is 10.3 Å². The Morgan fingerprint density at radius 2 is 1.95 bits per heavy atom. The minimum Gasteiger partial charge on any atom is -0.355 e. The van der Waals surface area contributed by atoms with Crippen LogP contribution in [0.3, 0.4) is 0 Å². The van der Waals surface area contributed by atoms with Crippen LogP contribution in [0.15, 0.2) is 36.7 Å². The van der Waals surface area contributed by atoms with Crippen molar-refractivity contribution in [3.05, 3.63) is 58.4 Å². The van der Waals surface area contributed by atoms with Crippen molar-refractivity contribution in [2.45, 2.75) is 6.92 Å². The van der Waals surface area contributed by atoms with Gasteiger partial charge < -0.3 is 10.6 Å². The molecule has 2 amide bonds. The number of halogens is 1. The third-order valence-electron chi connectivity index (χ3n) is 2.99. The fraction of sp³-hybridized carbons (Fsp3) is 0.133. The summed E-state index contributed by atoms with van der Waals surface area (Å²) >= 11 is 5.94. The summed E-state index contributed by atoms with van der Waals surface area (Å²) in [4.78, 5) is 27.7. The first-order chi connectivity index (χ1) is 10.0. The van der Waals surface area contributed by atoms with E-state index in [0.717, 1.165) is 5.56 Å². The van der Waals surface area contributed by atoms with Crippen LogP contribution in [0.2, 0.25) is 5.02 Å². The maximum Gasteiger partial charge on any atom is 0.257 e. The molecule has 0 saturated heterocycles. The number of carbonyl (C=O) groups is 2.